The zero-order chi connectivity index (χ0) is 12.7. The number of hydrogen-bond donors (Lipinski definition) is 0. The van der Waals surface area contributed by atoms with Gasteiger partial charge < -0.3 is 0 Å². The third-order valence-corrected chi connectivity index (χ3v) is 2.84. The van der Waals surface area contributed by atoms with Crippen LogP contribution < -0.4 is 0 Å². The Morgan fingerprint density at radius 1 is 1.35 bits per heavy atom. The lowest BCUT2D eigenvalue weighted by molar-refractivity contribution is -0.357. The summed E-state index contributed by atoms with van der Waals surface area (Å²) in [7, 11) is 0. The molecule has 17 heavy (non-hydrogen) atoms. The van der Waals surface area contributed by atoms with E-state index in [1.807, 2.05) is 32.9 Å². The van der Waals surface area contributed by atoms with Gasteiger partial charge in [0, 0.05) is 29.6 Å². The van der Waals surface area contributed by atoms with Crippen LogP contribution in [0.5, 0.6) is 0 Å². The van der Waals surface area contributed by atoms with Gasteiger partial charge in [0.15, 0.2) is 4.98 Å². The summed E-state index contributed by atoms with van der Waals surface area (Å²) in [4.78, 5) is 9.05. The van der Waals surface area contributed by atoms with Gasteiger partial charge in [-0.25, -0.2) is 0 Å². The van der Waals surface area contributed by atoms with Crippen LogP contribution in [-0.4, -0.2) is 18.2 Å². The molecule has 1 rings (SSSR count). The average Bonchev–Trinajstić information content (AvgIpc) is 2.36. The maximum Gasteiger partial charge on any atom is 0.389 e. The van der Waals surface area contributed by atoms with Crippen LogP contribution >= 0.6 is 12.0 Å². The predicted molar refractivity (Wildman–Crippen MR) is 66.9 cm³/mol. The molecule has 0 aliphatic carbocycles. The van der Waals surface area contributed by atoms with E-state index in [0.29, 0.717) is 5.69 Å². The fraction of sp³-hybridized carbons (Fsp3) is 0.455. The van der Waals surface area contributed by atoms with E-state index in [0.717, 1.165) is 35.6 Å². The van der Waals surface area contributed by atoms with Gasteiger partial charge in [-0.15, -0.1) is 9.32 Å². The Labute approximate surface area is 105 Å². The maximum absolute atomic E-state index is 8.77. The highest BCUT2D eigenvalue weighted by molar-refractivity contribution is 7.94. The highest BCUT2D eigenvalue weighted by Crippen LogP contribution is 2.27. The molecule has 0 bridgehead atoms. The van der Waals surface area contributed by atoms with Gasteiger partial charge in [-0.05, 0) is 26.8 Å². The molecule has 0 saturated carbocycles. The lowest BCUT2D eigenvalue weighted by Gasteiger charge is -2.14. The highest BCUT2D eigenvalue weighted by atomic mass is 32.2. The van der Waals surface area contributed by atoms with Gasteiger partial charge in [0.1, 0.15) is 0 Å². The first-order valence-corrected chi connectivity index (χ1v) is 6.17. The molecule has 0 aliphatic heterocycles. The van der Waals surface area contributed by atoms with Crippen molar-refractivity contribution in [3.63, 3.8) is 0 Å². The fourth-order valence-corrected chi connectivity index (χ4v) is 1.65. The molecule has 0 aromatic heterocycles. The average molecular weight is 254 g/mol. The number of diazo groups is 1. The number of benzene rings is 1. The van der Waals surface area contributed by atoms with Crippen molar-refractivity contribution in [2.45, 2.75) is 25.7 Å². The van der Waals surface area contributed by atoms with Crippen LogP contribution in [0.3, 0.4) is 0 Å². The quantitative estimate of drug-likeness (QED) is 0.335. The number of hydroxylamine groups is 2. The minimum absolute atomic E-state index is 0.529. The summed E-state index contributed by atoms with van der Waals surface area (Å²) in [5.74, 6) is 0. The summed E-state index contributed by atoms with van der Waals surface area (Å²) >= 11 is 1.08. The van der Waals surface area contributed by atoms with Crippen molar-refractivity contribution < 1.29 is 9.32 Å². The summed E-state index contributed by atoms with van der Waals surface area (Å²) in [6.45, 7) is 7.33. The summed E-state index contributed by atoms with van der Waals surface area (Å²) in [6.07, 6.45) is 0. The first kappa shape index (κ1) is 13.9. The molecule has 0 fully saturated rings. The number of aryl methyl sites for hydroxylation is 1. The molecule has 1 aromatic carbocycles. The molecule has 0 aliphatic rings. The van der Waals surface area contributed by atoms with E-state index in [2.05, 4.69) is 4.98 Å². The molecule has 0 heterocycles. The largest absolute Gasteiger partial charge is 0.389 e. The smallest absolute Gasteiger partial charge is 0.156 e. The first-order valence-electron chi connectivity index (χ1n) is 5.43. The van der Waals surface area contributed by atoms with Crippen molar-refractivity contribution in [3.8, 4) is 0 Å². The number of rotatable bonds is 6. The summed E-state index contributed by atoms with van der Waals surface area (Å²) in [5.41, 5.74) is 1.43. The van der Waals surface area contributed by atoms with Crippen molar-refractivity contribution in [1.82, 2.24) is 5.06 Å². The van der Waals surface area contributed by atoms with Crippen molar-refractivity contribution in [2.24, 2.45) is 0 Å². The van der Waals surface area contributed by atoms with Gasteiger partial charge in [0.05, 0.1) is 12.0 Å². The monoisotopic (exact) mass is 254 g/mol. The van der Waals surface area contributed by atoms with E-state index in [4.69, 9.17) is 14.7 Å². The van der Waals surface area contributed by atoms with Crippen LogP contribution in [-0.2, 0) is 9.32 Å². The molecule has 0 N–H and O–H groups in total. The molecular weight excluding hydrogens is 238 g/mol. The van der Waals surface area contributed by atoms with Gasteiger partial charge in [-0.1, -0.05) is 6.07 Å². The third-order valence-electron chi connectivity index (χ3n) is 2.26. The van der Waals surface area contributed by atoms with E-state index in [1.165, 1.54) is 0 Å². The molecule has 0 atom stereocenters. The molecule has 5 nitrogen and oxygen atoms in total. The zero-order valence-electron chi connectivity index (χ0n) is 10.2. The van der Waals surface area contributed by atoms with Gasteiger partial charge in [0.25, 0.3) is 0 Å². The Bertz CT molecular complexity index is 402. The van der Waals surface area contributed by atoms with Crippen LogP contribution in [0.1, 0.15) is 19.4 Å². The lowest BCUT2D eigenvalue weighted by atomic mass is 10.2. The molecule has 1 aromatic rings. The molecule has 0 radical (unpaired) electrons. The first-order chi connectivity index (χ1) is 8.21. The second kappa shape index (κ2) is 7.25. The van der Waals surface area contributed by atoms with Gasteiger partial charge in [-0.3, -0.25) is 0 Å². The van der Waals surface area contributed by atoms with Crippen molar-refractivity contribution in [2.75, 3.05) is 13.1 Å². The van der Waals surface area contributed by atoms with Crippen LogP contribution in [0.4, 0.5) is 5.69 Å². The SMILES string of the molecule is CCN(CC)OOSc1ccc(C)c([N+]#N)c1. The normalized spacial score (nSPS) is 10.5. The van der Waals surface area contributed by atoms with Crippen molar-refractivity contribution in [1.29, 1.82) is 5.39 Å². The highest BCUT2D eigenvalue weighted by Gasteiger charge is 2.11. The van der Waals surface area contributed by atoms with Crippen molar-refractivity contribution >= 4 is 17.7 Å². The minimum Gasteiger partial charge on any atom is -0.156 e. The van der Waals surface area contributed by atoms with Crippen LogP contribution in [0.15, 0.2) is 23.1 Å². The zero-order valence-corrected chi connectivity index (χ0v) is 11.0. The number of hydrogen-bond acceptors (Lipinski definition) is 5. The van der Waals surface area contributed by atoms with Gasteiger partial charge >= 0.3 is 5.69 Å². The van der Waals surface area contributed by atoms with Gasteiger partial charge in [0.2, 0.25) is 5.39 Å². The van der Waals surface area contributed by atoms with E-state index < -0.39 is 0 Å². The Morgan fingerprint density at radius 2 is 2.06 bits per heavy atom. The van der Waals surface area contributed by atoms with E-state index in [9.17, 15) is 0 Å². The van der Waals surface area contributed by atoms with Crippen LogP contribution in [0, 0.1) is 12.3 Å². The second-order valence-electron chi connectivity index (χ2n) is 3.39. The van der Waals surface area contributed by atoms with E-state index in [-0.39, 0.29) is 0 Å². The fourth-order valence-electron chi connectivity index (χ4n) is 1.18. The van der Waals surface area contributed by atoms with Gasteiger partial charge in [-0.2, -0.15) is 5.06 Å². The lowest BCUT2D eigenvalue weighted by Crippen LogP contribution is -2.22. The minimum atomic E-state index is 0.529. The second-order valence-corrected chi connectivity index (χ2v) is 4.16. The Morgan fingerprint density at radius 3 is 2.65 bits per heavy atom. The number of nitrogens with zero attached hydrogens (tertiary/aromatic N) is 3. The molecule has 0 amide bonds. The van der Waals surface area contributed by atoms with Crippen molar-refractivity contribution in [3.05, 3.63) is 28.7 Å². The third kappa shape index (κ3) is 4.32. The summed E-state index contributed by atoms with van der Waals surface area (Å²) < 4.78 is 5.02. The molecular formula is C11H16N3O2S+. The molecule has 0 saturated heterocycles. The van der Waals surface area contributed by atoms with E-state index >= 15 is 0 Å². The standard InChI is InChI=1S/C11H16N3O2S/c1-4-14(5-2)15-16-17-10-7-6-9(3)11(8-10)13-12/h6-8H,4-5H2,1-3H3/q+1. The molecule has 0 spiro atoms. The summed E-state index contributed by atoms with van der Waals surface area (Å²) in [5, 5.41) is 10.4. The topological polar surface area (TPSA) is 49.9 Å². The Balaban J connectivity index is 2.50. The summed E-state index contributed by atoms with van der Waals surface area (Å²) in [6, 6.07) is 5.46. The van der Waals surface area contributed by atoms with E-state index in [1.54, 1.807) is 11.1 Å². The maximum atomic E-state index is 8.77. The van der Waals surface area contributed by atoms with Crippen LogP contribution in [0.25, 0.3) is 4.98 Å². The van der Waals surface area contributed by atoms with Crippen LogP contribution in [0.2, 0.25) is 0 Å². The predicted octanol–water partition coefficient (Wildman–Crippen LogP) is 3.69. The Kier molecular flexibility index (Phi) is 5.94. The molecule has 0 unspecified atom stereocenters. The Hall–Kier alpha value is -1.13. The molecule has 92 valence electrons. The molecule has 6 heteroatoms.